The number of fused-ring (bicyclic) bond motifs is 1. The monoisotopic (exact) mass is 414 g/mol. The predicted octanol–water partition coefficient (Wildman–Crippen LogP) is 6.05. The summed E-state index contributed by atoms with van der Waals surface area (Å²) >= 11 is 6.94. The number of amides is 1. The van der Waals surface area contributed by atoms with Crippen LogP contribution >= 0.6 is 22.9 Å². The molecule has 1 aromatic heterocycles. The van der Waals surface area contributed by atoms with Crippen LogP contribution in [0.5, 0.6) is 5.75 Å². The van der Waals surface area contributed by atoms with Crippen LogP contribution in [0.25, 0.3) is 10.2 Å². The highest BCUT2D eigenvalue weighted by Gasteiger charge is 2.30. The van der Waals surface area contributed by atoms with Crippen molar-refractivity contribution in [1.82, 2.24) is 4.98 Å². The number of aromatic nitrogens is 1. The Bertz CT molecular complexity index is 1030. The number of aromatic hydroxyl groups is 1. The summed E-state index contributed by atoms with van der Waals surface area (Å²) in [6, 6.07) is 6.07. The molecule has 0 fully saturated rings. The number of benzene rings is 2. The maximum Gasteiger partial charge on any atom is 0.416 e. The van der Waals surface area contributed by atoms with Crippen LogP contribution in [0, 0.1) is 0 Å². The van der Waals surface area contributed by atoms with Crippen LogP contribution in [0.15, 0.2) is 30.3 Å². The number of rotatable bonds is 3. The second-order valence-corrected chi connectivity index (χ2v) is 7.67. The molecule has 0 unspecified atom stereocenters. The van der Waals surface area contributed by atoms with Gasteiger partial charge in [-0.25, -0.2) is 4.98 Å². The summed E-state index contributed by atoms with van der Waals surface area (Å²) in [6.07, 6.45) is -4.46. The zero-order chi connectivity index (χ0) is 19.9. The second-order valence-electron chi connectivity index (χ2n) is 6.20. The molecule has 27 heavy (non-hydrogen) atoms. The molecule has 4 nitrogen and oxygen atoms in total. The number of carbonyl (C=O) groups is 1. The van der Waals surface area contributed by atoms with Gasteiger partial charge in [-0.05, 0) is 41.8 Å². The number of phenols is 1. The van der Waals surface area contributed by atoms with Crippen molar-refractivity contribution in [3.8, 4) is 5.75 Å². The molecule has 0 saturated heterocycles. The van der Waals surface area contributed by atoms with Gasteiger partial charge in [0.25, 0.3) is 5.91 Å². The van der Waals surface area contributed by atoms with Gasteiger partial charge in [-0.1, -0.05) is 36.8 Å². The van der Waals surface area contributed by atoms with E-state index in [1.54, 1.807) is 6.07 Å². The molecule has 142 valence electrons. The van der Waals surface area contributed by atoms with Crippen LogP contribution in [0.4, 0.5) is 18.3 Å². The molecule has 0 spiro atoms. The van der Waals surface area contributed by atoms with Crippen molar-refractivity contribution in [2.75, 3.05) is 5.32 Å². The first kappa shape index (κ1) is 19.4. The molecule has 9 heteroatoms. The molecule has 0 saturated carbocycles. The molecule has 1 amide bonds. The highest BCUT2D eigenvalue weighted by atomic mass is 35.5. The van der Waals surface area contributed by atoms with Gasteiger partial charge in [-0.2, -0.15) is 13.2 Å². The molecular weight excluding hydrogens is 401 g/mol. The minimum atomic E-state index is -4.46. The molecule has 3 aromatic rings. The van der Waals surface area contributed by atoms with Crippen LogP contribution in [0.2, 0.25) is 5.02 Å². The average Bonchev–Trinajstić information content (AvgIpc) is 2.96. The standard InChI is InChI=1S/C18H14ClF3N2O2S/c1-8(2)11-6-10(19)7-12(15(11)25)16(26)24-17-23-13-4-3-9(18(20,21)22)5-14(13)27-17/h3-8,25H,1-2H3,(H,23,24,26). The first-order valence-corrected chi connectivity index (χ1v) is 9.07. The van der Waals surface area contributed by atoms with Gasteiger partial charge in [0.05, 0.1) is 21.3 Å². The van der Waals surface area contributed by atoms with Crippen LogP contribution < -0.4 is 5.32 Å². The Hall–Kier alpha value is -2.32. The number of phenolic OH excluding ortho intramolecular Hbond substituents is 1. The van der Waals surface area contributed by atoms with Crippen molar-refractivity contribution in [2.24, 2.45) is 0 Å². The van der Waals surface area contributed by atoms with E-state index in [-0.39, 0.29) is 22.4 Å². The number of carbonyl (C=O) groups excluding carboxylic acids is 1. The zero-order valence-electron chi connectivity index (χ0n) is 14.2. The van der Waals surface area contributed by atoms with Crippen molar-refractivity contribution >= 4 is 44.2 Å². The second kappa shape index (κ2) is 7.01. The van der Waals surface area contributed by atoms with E-state index in [0.29, 0.717) is 20.8 Å². The Labute approximate surface area is 161 Å². The minimum absolute atomic E-state index is 0.0264. The summed E-state index contributed by atoms with van der Waals surface area (Å²) in [5, 5.41) is 13.3. The van der Waals surface area contributed by atoms with Crippen molar-refractivity contribution in [2.45, 2.75) is 25.9 Å². The summed E-state index contributed by atoms with van der Waals surface area (Å²) in [6.45, 7) is 3.69. The van der Waals surface area contributed by atoms with Crippen molar-refractivity contribution in [3.63, 3.8) is 0 Å². The molecule has 0 aliphatic carbocycles. The fourth-order valence-electron chi connectivity index (χ4n) is 2.55. The maximum atomic E-state index is 12.8. The molecule has 2 aromatic carbocycles. The molecule has 0 atom stereocenters. The quantitative estimate of drug-likeness (QED) is 0.548. The molecule has 0 bridgehead atoms. The Kier molecular flexibility index (Phi) is 5.05. The first-order valence-electron chi connectivity index (χ1n) is 7.88. The van der Waals surface area contributed by atoms with Gasteiger partial charge in [0, 0.05) is 5.02 Å². The highest BCUT2D eigenvalue weighted by Crippen LogP contribution is 2.36. The summed E-state index contributed by atoms with van der Waals surface area (Å²) in [5.41, 5.74) is 0.0419. The fourth-order valence-corrected chi connectivity index (χ4v) is 3.68. The number of anilines is 1. The number of alkyl halides is 3. The van der Waals surface area contributed by atoms with E-state index in [9.17, 15) is 23.1 Å². The van der Waals surface area contributed by atoms with Gasteiger partial charge in [-0.3, -0.25) is 10.1 Å². The molecular formula is C18H14ClF3N2O2S. The average molecular weight is 415 g/mol. The van der Waals surface area contributed by atoms with E-state index in [0.717, 1.165) is 23.5 Å². The number of nitrogens with zero attached hydrogens (tertiary/aromatic N) is 1. The van der Waals surface area contributed by atoms with E-state index < -0.39 is 17.6 Å². The lowest BCUT2D eigenvalue weighted by molar-refractivity contribution is -0.137. The van der Waals surface area contributed by atoms with E-state index in [1.165, 1.54) is 12.1 Å². The van der Waals surface area contributed by atoms with Crippen molar-refractivity contribution in [3.05, 3.63) is 52.0 Å². The van der Waals surface area contributed by atoms with Crippen LogP contribution in [-0.2, 0) is 6.18 Å². The molecule has 0 aliphatic heterocycles. The molecule has 1 heterocycles. The fraction of sp³-hybridized carbons (Fsp3) is 0.222. The van der Waals surface area contributed by atoms with E-state index in [4.69, 9.17) is 11.6 Å². The number of thiazole rings is 1. The summed E-state index contributed by atoms with van der Waals surface area (Å²) in [7, 11) is 0. The van der Waals surface area contributed by atoms with Gasteiger partial charge in [0.1, 0.15) is 5.75 Å². The van der Waals surface area contributed by atoms with Gasteiger partial charge in [0.2, 0.25) is 0 Å². The third kappa shape index (κ3) is 4.01. The largest absolute Gasteiger partial charge is 0.507 e. The highest BCUT2D eigenvalue weighted by molar-refractivity contribution is 7.22. The van der Waals surface area contributed by atoms with Gasteiger partial charge >= 0.3 is 6.18 Å². The summed E-state index contributed by atoms with van der Waals surface area (Å²) in [5.74, 6) is -0.891. The number of nitrogens with one attached hydrogen (secondary N) is 1. The summed E-state index contributed by atoms with van der Waals surface area (Å²) in [4.78, 5) is 16.6. The molecule has 3 rings (SSSR count). The Morgan fingerprint density at radius 3 is 2.59 bits per heavy atom. The lowest BCUT2D eigenvalue weighted by Gasteiger charge is -2.12. The van der Waals surface area contributed by atoms with E-state index in [1.807, 2.05) is 13.8 Å². The van der Waals surface area contributed by atoms with Gasteiger partial charge < -0.3 is 5.11 Å². The maximum absolute atomic E-state index is 12.8. The SMILES string of the molecule is CC(C)c1cc(Cl)cc(C(=O)Nc2nc3ccc(C(F)(F)F)cc3s2)c1O. The third-order valence-corrected chi connectivity index (χ3v) is 5.06. The zero-order valence-corrected chi connectivity index (χ0v) is 15.8. The first-order chi connectivity index (χ1) is 12.6. The van der Waals surface area contributed by atoms with Gasteiger partial charge in [0.15, 0.2) is 5.13 Å². The lowest BCUT2D eigenvalue weighted by Crippen LogP contribution is -2.12. The number of hydrogen-bond acceptors (Lipinski definition) is 4. The van der Waals surface area contributed by atoms with Crippen LogP contribution in [-0.4, -0.2) is 16.0 Å². The predicted molar refractivity (Wildman–Crippen MR) is 99.8 cm³/mol. The number of hydrogen-bond donors (Lipinski definition) is 2. The van der Waals surface area contributed by atoms with Gasteiger partial charge in [-0.15, -0.1) is 0 Å². The minimum Gasteiger partial charge on any atom is -0.507 e. The summed E-state index contributed by atoms with van der Waals surface area (Å²) < 4.78 is 38.7. The van der Waals surface area contributed by atoms with Crippen LogP contribution in [0.1, 0.15) is 41.3 Å². The Morgan fingerprint density at radius 1 is 1.26 bits per heavy atom. The smallest absolute Gasteiger partial charge is 0.416 e. The molecule has 0 radical (unpaired) electrons. The Balaban J connectivity index is 1.93. The topological polar surface area (TPSA) is 62.2 Å². The van der Waals surface area contributed by atoms with E-state index in [2.05, 4.69) is 10.3 Å². The van der Waals surface area contributed by atoms with Crippen molar-refractivity contribution in [1.29, 1.82) is 0 Å². The molecule has 0 aliphatic rings. The van der Waals surface area contributed by atoms with E-state index >= 15 is 0 Å². The Morgan fingerprint density at radius 2 is 1.96 bits per heavy atom. The lowest BCUT2D eigenvalue weighted by atomic mass is 9.99. The molecule has 2 N–H and O–H groups in total. The van der Waals surface area contributed by atoms with Crippen LogP contribution in [0.3, 0.4) is 0 Å². The normalized spacial score (nSPS) is 12.0. The third-order valence-electron chi connectivity index (χ3n) is 3.91. The number of halogens is 4. The van der Waals surface area contributed by atoms with Crippen molar-refractivity contribution < 1.29 is 23.1 Å².